The van der Waals surface area contributed by atoms with E-state index in [1.54, 1.807) is 17.5 Å². The lowest BCUT2D eigenvalue weighted by molar-refractivity contribution is 0.582. The third kappa shape index (κ3) is 5.94. The Labute approximate surface area is 153 Å². The van der Waals surface area contributed by atoms with E-state index >= 15 is 0 Å². The molecule has 1 atom stereocenters. The molecular weight excluding hydrogens is 364 g/mol. The van der Waals surface area contributed by atoms with Crippen molar-refractivity contribution in [3.63, 3.8) is 0 Å². The van der Waals surface area contributed by atoms with Gasteiger partial charge in [-0.3, -0.25) is 4.99 Å². The number of hydrogen-bond donors (Lipinski definition) is 3. The zero-order valence-electron chi connectivity index (χ0n) is 14.2. The average Bonchev–Trinajstić information content (AvgIpc) is 3.21. The molecule has 2 heterocycles. The van der Waals surface area contributed by atoms with Gasteiger partial charge in [-0.15, -0.1) is 11.3 Å². The van der Waals surface area contributed by atoms with Gasteiger partial charge in [-0.2, -0.15) is 11.8 Å². The fourth-order valence-electron chi connectivity index (χ4n) is 2.40. The predicted octanol–water partition coefficient (Wildman–Crippen LogP) is 1.87. The maximum absolute atomic E-state index is 12.0. The van der Waals surface area contributed by atoms with E-state index in [-0.39, 0.29) is 4.75 Å². The molecule has 0 saturated carbocycles. The first-order valence-corrected chi connectivity index (χ1v) is 11.5. The molecule has 24 heavy (non-hydrogen) atoms. The van der Waals surface area contributed by atoms with Crippen LogP contribution in [-0.2, 0) is 10.0 Å². The topological polar surface area (TPSA) is 82.6 Å². The lowest BCUT2D eigenvalue weighted by atomic mass is 10.1. The van der Waals surface area contributed by atoms with Gasteiger partial charge in [-0.25, -0.2) is 13.1 Å². The maximum atomic E-state index is 12.0. The molecule has 1 aliphatic heterocycles. The number of aliphatic imine (C=N–C) groups is 1. The minimum atomic E-state index is -3.40. The fraction of sp³-hybridized carbons (Fsp3) is 0.667. The summed E-state index contributed by atoms with van der Waals surface area (Å²) < 4.78 is 27.2. The smallest absolute Gasteiger partial charge is 0.250 e. The van der Waals surface area contributed by atoms with Crippen molar-refractivity contribution in [2.24, 2.45) is 4.99 Å². The molecule has 0 bridgehead atoms. The predicted molar refractivity (Wildman–Crippen MR) is 104 cm³/mol. The summed E-state index contributed by atoms with van der Waals surface area (Å²) in [6.45, 7) is 6.62. The summed E-state index contributed by atoms with van der Waals surface area (Å²) in [7, 11) is -3.40. The first-order valence-electron chi connectivity index (χ1n) is 8.14. The molecule has 1 aromatic heterocycles. The second kappa shape index (κ2) is 9.07. The summed E-state index contributed by atoms with van der Waals surface area (Å²) in [5, 5.41) is 8.14. The van der Waals surface area contributed by atoms with E-state index in [0.717, 1.165) is 19.0 Å². The second-order valence-corrected chi connectivity index (χ2v) is 10.5. The summed E-state index contributed by atoms with van der Waals surface area (Å²) >= 11 is 3.20. The van der Waals surface area contributed by atoms with Gasteiger partial charge < -0.3 is 10.6 Å². The van der Waals surface area contributed by atoms with Crippen LogP contribution in [0.1, 0.15) is 26.7 Å². The van der Waals surface area contributed by atoms with Crippen LogP contribution in [0.3, 0.4) is 0 Å². The highest BCUT2D eigenvalue weighted by Gasteiger charge is 2.29. The largest absolute Gasteiger partial charge is 0.357 e. The van der Waals surface area contributed by atoms with Crippen molar-refractivity contribution in [1.82, 2.24) is 15.4 Å². The van der Waals surface area contributed by atoms with Crippen LogP contribution >= 0.6 is 23.1 Å². The number of nitrogens with zero attached hydrogens (tertiary/aromatic N) is 1. The summed E-state index contributed by atoms with van der Waals surface area (Å²) in [6.07, 6.45) is 2.45. The molecule has 1 fully saturated rings. The molecule has 2 rings (SSSR count). The zero-order chi connectivity index (χ0) is 17.5. The first kappa shape index (κ1) is 19.6. The Morgan fingerprint density at radius 1 is 1.38 bits per heavy atom. The van der Waals surface area contributed by atoms with E-state index in [1.807, 2.05) is 18.7 Å². The standard InChI is InChI=1S/C15H26N4O2S3/c1-3-16-14(18-12-15(2)7-5-11-23-15)17-8-9-19-24(20,21)13-6-4-10-22-13/h4,6,10,19H,3,5,7-9,11-12H2,1-2H3,(H2,16,17,18). The summed E-state index contributed by atoms with van der Waals surface area (Å²) in [6, 6.07) is 3.33. The van der Waals surface area contributed by atoms with Crippen molar-refractivity contribution in [1.29, 1.82) is 0 Å². The van der Waals surface area contributed by atoms with E-state index in [9.17, 15) is 8.42 Å². The van der Waals surface area contributed by atoms with Crippen LogP contribution in [0.2, 0.25) is 0 Å². The van der Waals surface area contributed by atoms with Crippen molar-refractivity contribution in [2.75, 3.05) is 31.9 Å². The Hall–Kier alpha value is -0.770. The molecule has 0 aliphatic carbocycles. The normalized spacial score (nSPS) is 21.8. The highest BCUT2D eigenvalue weighted by atomic mass is 32.2. The van der Waals surface area contributed by atoms with E-state index in [0.29, 0.717) is 17.3 Å². The highest BCUT2D eigenvalue weighted by molar-refractivity contribution is 8.00. The SMILES string of the molecule is CCNC(=NCC1(C)CCCS1)NCCNS(=O)(=O)c1cccs1. The molecule has 136 valence electrons. The fourth-order valence-corrected chi connectivity index (χ4v) is 5.70. The van der Waals surface area contributed by atoms with Crippen LogP contribution in [0.15, 0.2) is 26.7 Å². The Balaban J connectivity index is 1.79. The third-order valence-corrected chi connectivity index (χ3v) is 8.07. The van der Waals surface area contributed by atoms with Gasteiger partial charge in [-0.1, -0.05) is 6.07 Å². The van der Waals surface area contributed by atoms with Crippen molar-refractivity contribution in [3.8, 4) is 0 Å². The number of guanidine groups is 1. The Kier molecular flexibility index (Phi) is 7.39. The van der Waals surface area contributed by atoms with Gasteiger partial charge in [0.2, 0.25) is 10.0 Å². The minimum Gasteiger partial charge on any atom is -0.357 e. The average molecular weight is 391 g/mol. The summed E-state index contributed by atoms with van der Waals surface area (Å²) in [5.41, 5.74) is 0. The molecule has 0 radical (unpaired) electrons. The molecule has 1 aliphatic rings. The molecule has 1 saturated heterocycles. The zero-order valence-corrected chi connectivity index (χ0v) is 16.6. The molecule has 6 nitrogen and oxygen atoms in total. The van der Waals surface area contributed by atoms with Gasteiger partial charge in [0.1, 0.15) is 4.21 Å². The molecule has 9 heteroatoms. The van der Waals surface area contributed by atoms with E-state index in [4.69, 9.17) is 0 Å². The number of rotatable bonds is 8. The number of thioether (sulfide) groups is 1. The van der Waals surface area contributed by atoms with Gasteiger partial charge >= 0.3 is 0 Å². The Bertz CT molecular complexity index is 623. The molecule has 0 amide bonds. The van der Waals surface area contributed by atoms with Crippen LogP contribution in [0, 0.1) is 0 Å². The van der Waals surface area contributed by atoms with Crippen LogP contribution in [0.4, 0.5) is 0 Å². The van der Waals surface area contributed by atoms with Crippen molar-refractivity contribution in [3.05, 3.63) is 17.5 Å². The van der Waals surface area contributed by atoms with E-state index in [1.165, 1.54) is 29.9 Å². The lowest BCUT2D eigenvalue weighted by Crippen LogP contribution is -2.42. The number of sulfonamides is 1. The van der Waals surface area contributed by atoms with Gasteiger partial charge in [0.25, 0.3) is 0 Å². The Morgan fingerprint density at radius 2 is 2.21 bits per heavy atom. The van der Waals surface area contributed by atoms with Gasteiger partial charge in [0.05, 0.1) is 6.54 Å². The van der Waals surface area contributed by atoms with Gasteiger partial charge in [-0.05, 0) is 43.9 Å². The van der Waals surface area contributed by atoms with Crippen LogP contribution in [0.25, 0.3) is 0 Å². The monoisotopic (exact) mass is 390 g/mol. The van der Waals surface area contributed by atoms with Crippen molar-refractivity contribution >= 4 is 39.1 Å². The van der Waals surface area contributed by atoms with Crippen molar-refractivity contribution in [2.45, 2.75) is 35.6 Å². The number of nitrogens with one attached hydrogen (secondary N) is 3. The molecule has 0 spiro atoms. The van der Waals surface area contributed by atoms with Crippen molar-refractivity contribution < 1.29 is 8.42 Å². The molecule has 1 unspecified atom stereocenters. The van der Waals surface area contributed by atoms with E-state index < -0.39 is 10.0 Å². The molecule has 1 aromatic rings. The van der Waals surface area contributed by atoms with Gasteiger partial charge in [0, 0.05) is 24.4 Å². The Morgan fingerprint density at radius 3 is 2.83 bits per heavy atom. The van der Waals surface area contributed by atoms with Crippen LogP contribution < -0.4 is 15.4 Å². The first-order chi connectivity index (χ1) is 11.5. The lowest BCUT2D eigenvalue weighted by Gasteiger charge is -2.21. The van der Waals surface area contributed by atoms with E-state index in [2.05, 4.69) is 27.3 Å². The summed E-state index contributed by atoms with van der Waals surface area (Å²) in [4.78, 5) is 4.65. The third-order valence-electron chi connectivity index (χ3n) is 3.69. The molecule has 0 aromatic carbocycles. The maximum Gasteiger partial charge on any atom is 0.250 e. The van der Waals surface area contributed by atoms with Crippen LogP contribution in [0.5, 0.6) is 0 Å². The highest BCUT2D eigenvalue weighted by Crippen LogP contribution is 2.37. The quantitative estimate of drug-likeness (QED) is 0.359. The second-order valence-electron chi connectivity index (χ2n) is 5.85. The number of hydrogen-bond acceptors (Lipinski definition) is 5. The van der Waals surface area contributed by atoms with Crippen LogP contribution in [-0.4, -0.2) is 51.1 Å². The van der Waals surface area contributed by atoms with Gasteiger partial charge in [0.15, 0.2) is 5.96 Å². The minimum absolute atomic E-state index is 0.225. The summed E-state index contributed by atoms with van der Waals surface area (Å²) in [5.74, 6) is 1.95. The molecule has 3 N–H and O–H groups in total. The number of thiophene rings is 1. The molecular formula is C15H26N4O2S3.